The van der Waals surface area contributed by atoms with Gasteiger partial charge in [0.1, 0.15) is 11.9 Å². The highest BCUT2D eigenvalue weighted by atomic mass is 19.4. The molecular formula is C36H10F4N8. The molecule has 3 aromatic carbocycles. The molecule has 0 fully saturated rings. The Labute approximate surface area is 270 Å². The van der Waals surface area contributed by atoms with Crippen molar-refractivity contribution in [3.05, 3.63) is 155 Å². The van der Waals surface area contributed by atoms with Gasteiger partial charge in [0.15, 0.2) is 5.69 Å². The molecule has 8 nitrogen and oxygen atoms in total. The monoisotopic (exact) mass is 630 g/mol. The number of benzene rings is 3. The van der Waals surface area contributed by atoms with E-state index in [1.165, 1.54) is 24.3 Å². The van der Waals surface area contributed by atoms with E-state index in [1.54, 1.807) is 31.2 Å². The molecule has 3 aromatic rings. The van der Waals surface area contributed by atoms with Gasteiger partial charge in [-0.05, 0) is 75.7 Å². The van der Waals surface area contributed by atoms with Crippen LogP contribution in [0.4, 0.5) is 23.2 Å². The van der Waals surface area contributed by atoms with Crippen LogP contribution < -0.4 is 0 Å². The van der Waals surface area contributed by atoms with Gasteiger partial charge in [0.2, 0.25) is 5.70 Å². The topological polar surface area (TPSA) is 113 Å². The van der Waals surface area contributed by atoms with Crippen molar-refractivity contribution in [3.8, 4) is 24.3 Å². The fourth-order valence-electron chi connectivity index (χ4n) is 5.76. The smallest absolute Gasteiger partial charge is 0.238 e. The lowest BCUT2D eigenvalue weighted by molar-refractivity contribution is -0.137. The van der Waals surface area contributed by atoms with Gasteiger partial charge in [0, 0.05) is 16.7 Å². The van der Waals surface area contributed by atoms with Crippen LogP contribution >= 0.6 is 0 Å². The van der Waals surface area contributed by atoms with Crippen molar-refractivity contribution >= 4 is 39.2 Å². The Kier molecular flexibility index (Phi) is 7.68. The van der Waals surface area contributed by atoms with Crippen LogP contribution in [0.1, 0.15) is 50.1 Å². The molecule has 0 aliphatic heterocycles. The minimum atomic E-state index is -5.02. The van der Waals surface area contributed by atoms with Gasteiger partial charge in [0.25, 0.3) is 11.4 Å². The van der Waals surface area contributed by atoms with Gasteiger partial charge in [-0.2, -0.15) is 23.7 Å². The Morgan fingerprint density at radius 1 is 0.729 bits per heavy atom. The summed E-state index contributed by atoms with van der Waals surface area (Å²) < 4.78 is 58.9. The molecule has 0 N–H and O–H groups in total. The third kappa shape index (κ3) is 4.53. The normalized spacial score (nSPS) is 14.9. The van der Waals surface area contributed by atoms with E-state index in [9.17, 15) is 34.2 Å². The molecule has 0 atom stereocenters. The van der Waals surface area contributed by atoms with E-state index in [0.29, 0.717) is 11.6 Å². The first kappa shape index (κ1) is 31.7. The van der Waals surface area contributed by atoms with Gasteiger partial charge >= 0.3 is 6.18 Å². The Morgan fingerprint density at radius 3 is 1.83 bits per heavy atom. The summed E-state index contributed by atoms with van der Waals surface area (Å²) in [6, 6.07) is 14.8. The zero-order valence-corrected chi connectivity index (χ0v) is 24.1. The van der Waals surface area contributed by atoms with Gasteiger partial charge < -0.3 is 0 Å². The van der Waals surface area contributed by atoms with Crippen molar-refractivity contribution in [1.29, 1.82) is 21.0 Å². The number of halogens is 4. The highest BCUT2D eigenvalue weighted by molar-refractivity contribution is 6.29. The summed E-state index contributed by atoms with van der Waals surface area (Å²) in [5.41, 5.74) is -6.00. The summed E-state index contributed by atoms with van der Waals surface area (Å²) in [5, 5.41) is 39.5. The molecule has 2 aliphatic rings. The van der Waals surface area contributed by atoms with Crippen molar-refractivity contribution in [2.24, 2.45) is 0 Å². The summed E-state index contributed by atoms with van der Waals surface area (Å²) in [6.07, 6.45) is -5.02. The average molecular weight is 631 g/mol. The Balaban J connectivity index is 1.99. The molecule has 0 aromatic heterocycles. The van der Waals surface area contributed by atoms with Crippen LogP contribution in [0, 0.1) is 84.4 Å². The number of alkyl halides is 3. The maximum absolute atomic E-state index is 17.0. The van der Waals surface area contributed by atoms with E-state index in [0.717, 1.165) is 12.1 Å². The fourth-order valence-corrected chi connectivity index (χ4v) is 5.76. The van der Waals surface area contributed by atoms with Gasteiger partial charge in [-0.25, -0.2) is 34.3 Å². The van der Waals surface area contributed by atoms with Crippen LogP contribution in [0.5, 0.6) is 0 Å². The van der Waals surface area contributed by atoms with E-state index in [1.807, 2.05) is 0 Å². The van der Waals surface area contributed by atoms with Crippen LogP contribution in [0.15, 0.2) is 53.9 Å². The lowest BCUT2D eigenvalue weighted by Crippen LogP contribution is -2.08. The molecule has 222 valence electrons. The molecule has 0 saturated heterocycles. The number of hydrogen-bond donors (Lipinski definition) is 0. The minimum Gasteiger partial charge on any atom is -0.238 e. The third-order valence-corrected chi connectivity index (χ3v) is 7.76. The number of allylic oxidation sites excluding steroid dienone is 7. The van der Waals surface area contributed by atoms with Crippen LogP contribution in [0.2, 0.25) is 0 Å². The molecular weight excluding hydrogens is 620 g/mol. The number of nitriles is 4. The quantitative estimate of drug-likeness (QED) is 0.160. The number of aryl methyl sites for hydroxylation is 1. The zero-order valence-electron chi connectivity index (χ0n) is 24.1. The number of rotatable bonds is 2. The SMILES string of the molecule is [C-]#[N+]C1=C(c2ccc(C)c([N+]#[C-])c2)/C(=C(/C#N)[N+]#[C-])c2cc3c(c(F)c21)C(C#N)=C(c1ccc(C#N)c(C(F)(F)F)c1)/C3=C(\C#N)[N+]#[C-]. The standard InChI is InChI=1S/C36H10F4N8/c1-17-6-7-19(11-25(17)45-2)29-32(27(16-44)47-4)22-12-21-30(34(37)33(22)35(29)48-5)23(14-42)28(31(21)26(15-43)46-3)18-8-9-20(13-41)24(10-18)36(38,39)40/h6-12H,1H3/b31-26+,32-27-. The molecule has 0 amide bonds. The van der Waals surface area contributed by atoms with E-state index < -0.39 is 51.2 Å². The zero-order chi connectivity index (χ0) is 35.1. The van der Waals surface area contributed by atoms with Gasteiger partial charge in [-0.1, -0.05) is 18.2 Å². The predicted octanol–water partition coefficient (Wildman–Crippen LogP) is 9.13. The first-order valence-corrected chi connectivity index (χ1v) is 13.2. The van der Waals surface area contributed by atoms with Gasteiger partial charge in [-0.3, -0.25) is 0 Å². The highest BCUT2D eigenvalue weighted by Gasteiger charge is 2.41. The molecule has 0 heterocycles. The molecule has 2 aliphatic carbocycles. The predicted molar refractivity (Wildman–Crippen MR) is 164 cm³/mol. The minimum absolute atomic E-state index is 0.0409. The molecule has 5 rings (SSSR count). The van der Waals surface area contributed by atoms with E-state index in [-0.39, 0.29) is 55.9 Å². The third-order valence-electron chi connectivity index (χ3n) is 7.76. The Morgan fingerprint density at radius 2 is 1.31 bits per heavy atom. The first-order valence-electron chi connectivity index (χ1n) is 13.2. The van der Waals surface area contributed by atoms with Gasteiger partial charge in [0.05, 0.1) is 61.2 Å². The summed E-state index contributed by atoms with van der Waals surface area (Å²) in [7, 11) is 0. The summed E-state index contributed by atoms with van der Waals surface area (Å²) in [6.45, 7) is 32.5. The van der Waals surface area contributed by atoms with Crippen molar-refractivity contribution in [2.45, 2.75) is 13.1 Å². The number of nitrogens with zero attached hydrogens (tertiary/aromatic N) is 8. The van der Waals surface area contributed by atoms with Crippen molar-refractivity contribution < 1.29 is 17.6 Å². The number of hydrogen-bond acceptors (Lipinski definition) is 4. The Bertz CT molecular complexity index is 2510. The summed E-state index contributed by atoms with van der Waals surface area (Å²) in [4.78, 5) is 13.5. The molecule has 0 spiro atoms. The second-order valence-corrected chi connectivity index (χ2v) is 10.1. The summed E-state index contributed by atoms with van der Waals surface area (Å²) in [5.74, 6) is -1.21. The largest absolute Gasteiger partial charge is 0.417 e. The maximum atomic E-state index is 17.0. The second kappa shape index (κ2) is 11.6. The Hall–Kier alpha value is -7.74. The molecule has 0 unspecified atom stereocenters. The highest BCUT2D eigenvalue weighted by Crippen LogP contribution is 2.56. The van der Waals surface area contributed by atoms with Crippen molar-refractivity contribution in [2.75, 3.05) is 0 Å². The molecule has 0 bridgehead atoms. The van der Waals surface area contributed by atoms with E-state index in [2.05, 4.69) is 19.4 Å². The lowest BCUT2D eigenvalue weighted by atomic mass is 9.90. The van der Waals surface area contributed by atoms with Crippen LogP contribution in [-0.2, 0) is 6.18 Å². The van der Waals surface area contributed by atoms with Crippen LogP contribution in [-0.4, -0.2) is 0 Å². The second-order valence-electron chi connectivity index (χ2n) is 10.1. The van der Waals surface area contributed by atoms with Crippen molar-refractivity contribution in [3.63, 3.8) is 0 Å². The van der Waals surface area contributed by atoms with E-state index in [4.69, 9.17) is 26.3 Å². The van der Waals surface area contributed by atoms with Crippen LogP contribution in [0.25, 0.3) is 52.9 Å². The maximum Gasteiger partial charge on any atom is 0.417 e. The average Bonchev–Trinajstić information content (AvgIpc) is 3.59. The molecule has 48 heavy (non-hydrogen) atoms. The molecule has 0 radical (unpaired) electrons. The van der Waals surface area contributed by atoms with E-state index >= 15 is 4.39 Å². The summed E-state index contributed by atoms with van der Waals surface area (Å²) >= 11 is 0. The first-order chi connectivity index (χ1) is 22.9. The van der Waals surface area contributed by atoms with Crippen molar-refractivity contribution in [1.82, 2.24) is 0 Å². The van der Waals surface area contributed by atoms with Crippen LogP contribution in [0.3, 0.4) is 0 Å². The number of fused-ring (bicyclic) bond motifs is 2. The fraction of sp³-hybridized carbons (Fsp3) is 0.0556. The molecule has 0 saturated carbocycles. The molecule has 12 heteroatoms. The van der Waals surface area contributed by atoms with Gasteiger partial charge in [-0.15, -0.1) is 0 Å². The lowest BCUT2D eigenvalue weighted by Gasteiger charge is -2.15.